The summed E-state index contributed by atoms with van der Waals surface area (Å²) in [7, 11) is 3.16. The van der Waals surface area contributed by atoms with Crippen LogP contribution in [0.25, 0.3) is 0 Å². The standard InChI is InChI=1S/C19H27NO5/c1-24-16-10-8-13(12-17(16)25-2)9-11-18(21)20-15-7-5-3-4-6-14(15)19(22)23/h8,10,12,14-15H,3-7,9,11H2,1-2H3,(H,20,21)(H,22,23)/t14-,15+/m1/s1. The first-order chi connectivity index (χ1) is 12.0. The van der Waals surface area contributed by atoms with Gasteiger partial charge in [-0.05, 0) is 37.0 Å². The number of carboxylic acid groups (broad SMARTS) is 1. The minimum Gasteiger partial charge on any atom is -0.493 e. The fraction of sp³-hybridized carbons (Fsp3) is 0.579. The molecule has 0 heterocycles. The van der Waals surface area contributed by atoms with Crippen molar-refractivity contribution in [1.82, 2.24) is 5.32 Å². The summed E-state index contributed by atoms with van der Waals surface area (Å²) in [6.07, 6.45) is 5.16. The predicted octanol–water partition coefficient (Wildman–Crippen LogP) is 2.79. The molecule has 0 spiro atoms. The summed E-state index contributed by atoms with van der Waals surface area (Å²) < 4.78 is 10.5. The zero-order chi connectivity index (χ0) is 18.2. The predicted molar refractivity (Wildman–Crippen MR) is 94.0 cm³/mol. The van der Waals surface area contributed by atoms with Crippen LogP contribution < -0.4 is 14.8 Å². The second kappa shape index (κ2) is 9.30. The van der Waals surface area contributed by atoms with E-state index < -0.39 is 11.9 Å². The van der Waals surface area contributed by atoms with Crippen LogP contribution in [0.2, 0.25) is 0 Å². The van der Waals surface area contributed by atoms with Crippen molar-refractivity contribution in [2.75, 3.05) is 14.2 Å². The Bertz CT molecular complexity index is 601. The summed E-state index contributed by atoms with van der Waals surface area (Å²) in [6, 6.07) is 5.31. The third kappa shape index (κ3) is 5.37. The van der Waals surface area contributed by atoms with Gasteiger partial charge in [0, 0.05) is 12.5 Å². The third-order valence-corrected chi connectivity index (χ3v) is 4.77. The van der Waals surface area contributed by atoms with Crippen molar-refractivity contribution < 1.29 is 24.2 Å². The number of ether oxygens (including phenoxy) is 2. The van der Waals surface area contributed by atoms with Gasteiger partial charge in [0.2, 0.25) is 5.91 Å². The van der Waals surface area contributed by atoms with Crippen molar-refractivity contribution in [2.24, 2.45) is 5.92 Å². The topological polar surface area (TPSA) is 84.9 Å². The van der Waals surface area contributed by atoms with Crippen LogP contribution in [0, 0.1) is 5.92 Å². The summed E-state index contributed by atoms with van der Waals surface area (Å²) in [5.74, 6) is -0.110. The van der Waals surface area contributed by atoms with Crippen molar-refractivity contribution in [3.63, 3.8) is 0 Å². The first-order valence-electron chi connectivity index (χ1n) is 8.78. The van der Waals surface area contributed by atoms with Crippen molar-refractivity contribution in [3.05, 3.63) is 23.8 Å². The molecule has 1 amide bonds. The van der Waals surface area contributed by atoms with Crippen molar-refractivity contribution in [1.29, 1.82) is 0 Å². The molecule has 1 saturated carbocycles. The Morgan fingerprint density at radius 2 is 1.84 bits per heavy atom. The normalized spacial score (nSPS) is 20.4. The first kappa shape index (κ1) is 19.1. The van der Waals surface area contributed by atoms with Gasteiger partial charge in [0.05, 0.1) is 20.1 Å². The van der Waals surface area contributed by atoms with E-state index in [1.54, 1.807) is 14.2 Å². The Kier molecular flexibility index (Phi) is 7.10. The number of carbonyl (C=O) groups excluding carboxylic acids is 1. The molecule has 6 nitrogen and oxygen atoms in total. The van der Waals surface area contributed by atoms with E-state index in [2.05, 4.69) is 5.32 Å². The van der Waals surface area contributed by atoms with Crippen LogP contribution >= 0.6 is 0 Å². The number of rotatable bonds is 7. The fourth-order valence-corrected chi connectivity index (χ4v) is 3.35. The van der Waals surface area contributed by atoms with E-state index in [0.29, 0.717) is 30.8 Å². The van der Waals surface area contributed by atoms with Gasteiger partial charge in [-0.2, -0.15) is 0 Å². The van der Waals surface area contributed by atoms with Gasteiger partial charge < -0.3 is 19.9 Å². The smallest absolute Gasteiger partial charge is 0.308 e. The minimum atomic E-state index is -0.813. The number of benzene rings is 1. The van der Waals surface area contributed by atoms with Crippen LogP contribution in [-0.4, -0.2) is 37.2 Å². The molecule has 0 saturated heterocycles. The highest BCUT2D eigenvalue weighted by molar-refractivity contribution is 5.78. The molecule has 2 rings (SSSR count). The van der Waals surface area contributed by atoms with Crippen LogP contribution in [-0.2, 0) is 16.0 Å². The summed E-state index contributed by atoms with van der Waals surface area (Å²) in [6.45, 7) is 0. The van der Waals surface area contributed by atoms with Gasteiger partial charge in [-0.15, -0.1) is 0 Å². The van der Waals surface area contributed by atoms with Gasteiger partial charge in [0.1, 0.15) is 0 Å². The van der Waals surface area contributed by atoms with Crippen LogP contribution in [0.5, 0.6) is 11.5 Å². The first-order valence-corrected chi connectivity index (χ1v) is 8.78. The fourth-order valence-electron chi connectivity index (χ4n) is 3.35. The molecule has 2 N–H and O–H groups in total. The molecule has 1 aliphatic rings. The lowest BCUT2D eigenvalue weighted by atomic mass is 9.94. The summed E-state index contributed by atoms with van der Waals surface area (Å²) in [5.41, 5.74) is 0.975. The monoisotopic (exact) mass is 349 g/mol. The van der Waals surface area contributed by atoms with Crippen molar-refractivity contribution in [2.45, 2.75) is 51.0 Å². The third-order valence-electron chi connectivity index (χ3n) is 4.77. The molecule has 25 heavy (non-hydrogen) atoms. The number of hydrogen-bond donors (Lipinski definition) is 2. The van der Waals surface area contributed by atoms with E-state index in [4.69, 9.17) is 9.47 Å². The molecule has 2 atom stereocenters. The second-order valence-electron chi connectivity index (χ2n) is 6.45. The second-order valence-corrected chi connectivity index (χ2v) is 6.45. The molecule has 0 bridgehead atoms. The van der Waals surface area contributed by atoms with Crippen molar-refractivity contribution in [3.8, 4) is 11.5 Å². The van der Waals surface area contributed by atoms with Gasteiger partial charge in [-0.3, -0.25) is 9.59 Å². The van der Waals surface area contributed by atoms with Gasteiger partial charge in [-0.25, -0.2) is 0 Å². The average molecular weight is 349 g/mol. The highest BCUT2D eigenvalue weighted by Crippen LogP contribution is 2.28. The highest BCUT2D eigenvalue weighted by Gasteiger charge is 2.30. The van der Waals surface area contributed by atoms with Gasteiger partial charge in [0.15, 0.2) is 11.5 Å². The Labute approximate surface area is 148 Å². The molecule has 0 radical (unpaired) electrons. The Hall–Kier alpha value is -2.24. The van der Waals surface area contributed by atoms with Crippen molar-refractivity contribution >= 4 is 11.9 Å². The molecule has 1 aromatic rings. The average Bonchev–Trinajstić information content (AvgIpc) is 2.85. The van der Waals surface area contributed by atoms with Gasteiger partial charge in [-0.1, -0.05) is 25.3 Å². The molecule has 6 heteroatoms. The van der Waals surface area contributed by atoms with Crippen LogP contribution in [0.1, 0.15) is 44.1 Å². The molecule has 0 unspecified atom stereocenters. The molecule has 1 aromatic carbocycles. The Morgan fingerprint density at radius 1 is 1.12 bits per heavy atom. The molecular formula is C19H27NO5. The lowest BCUT2D eigenvalue weighted by Gasteiger charge is -2.23. The molecule has 138 valence electrons. The number of hydrogen-bond acceptors (Lipinski definition) is 4. The zero-order valence-corrected chi connectivity index (χ0v) is 14.9. The number of carboxylic acids is 1. The number of carbonyl (C=O) groups is 2. The maximum Gasteiger partial charge on any atom is 0.308 e. The van der Waals surface area contributed by atoms with Gasteiger partial charge in [0.25, 0.3) is 0 Å². The Morgan fingerprint density at radius 3 is 2.52 bits per heavy atom. The Balaban J connectivity index is 1.92. The molecule has 1 fully saturated rings. The van der Waals surface area contributed by atoms with Crippen LogP contribution in [0.3, 0.4) is 0 Å². The number of nitrogens with one attached hydrogen (secondary N) is 1. The summed E-state index contributed by atoms with van der Waals surface area (Å²) in [4.78, 5) is 23.7. The zero-order valence-electron chi connectivity index (χ0n) is 14.9. The van der Waals surface area contributed by atoms with Crippen LogP contribution in [0.15, 0.2) is 18.2 Å². The summed E-state index contributed by atoms with van der Waals surface area (Å²) >= 11 is 0. The lowest BCUT2D eigenvalue weighted by Crippen LogP contribution is -2.42. The number of amides is 1. The SMILES string of the molecule is COc1ccc(CCC(=O)N[C@H]2CCCCC[C@H]2C(=O)O)cc1OC. The van der Waals surface area contributed by atoms with E-state index in [9.17, 15) is 14.7 Å². The number of aryl methyl sites for hydroxylation is 1. The van der Waals surface area contributed by atoms with E-state index in [-0.39, 0.29) is 11.9 Å². The lowest BCUT2D eigenvalue weighted by molar-refractivity contribution is -0.143. The van der Waals surface area contributed by atoms with E-state index >= 15 is 0 Å². The quantitative estimate of drug-likeness (QED) is 0.740. The number of aliphatic carboxylic acids is 1. The molecule has 1 aliphatic carbocycles. The van der Waals surface area contributed by atoms with E-state index in [1.165, 1.54) is 0 Å². The maximum absolute atomic E-state index is 12.3. The molecular weight excluding hydrogens is 322 g/mol. The van der Waals surface area contributed by atoms with Crippen LogP contribution in [0.4, 0.5) is 0 Å². The molecule has 0 aliphatic heterocycles. The van der Waals surface area contributed by atoms with E-state index in [0.717, 1.165) is 31.2 Å². The molecule has 0 aromatic heterocycles. The van der Waals surface area contributed by atoms with Gasteiger partial charge >= 0.3 is 5.97 Å². The largest absolute Gasteiger partial charge is 0.493 e. The minimum absolute atomic E-state index is 0.104. The maximum atomic E-state index is 12.3. The summed E-state index contributed by atoms with van der Waals surface area (Å²) in [5, 5.41) is 12.3. The van der Waals surface area contributed by atoms with E-state index in [1.807, 2.05) is 18.2 Å². The highest BCUT2D eigenvalue weighted by atomic mass is 16.5. The number of methoxy groups -OCH3 is 2.